The molecular formula is C27H28N6O2. The number of aromatic nitrogens is 3. The molecule has 1 aliphatic rings. The van der Waals surface area contributed by atoms with Crippen LogP contribution in [0.25, 0.3) is 16.7 Å². The molecule has 0 atom stereocenters. The maximum absolute atomic E-state index is 12.8. The van der Waals surface area contributed by atoms with Crippen LogP contribution in [0.4, 0.5) is 17.3 Å². The second kappa shape index (κ2) is 9.58. The van der Waals surface area contributed by atoms with Gasteiger partial charge in [0, 0.05) is 61.6 Å². The van der Waals surface area contributed by atoms with E-state index in [0.717, 1.165) is 54.2 Å². The van der Waals surface area contributed by atoms with Crippen LogP contribution in [0.2, 0.25) is 0 Å². The summed E-state index contributed by atoms with van der Waals surface area (Å²) in [7, 11) is 0. The number of aryl methyl sites for hydroxylation is 1. The Morgan fingerprint density at radius 3 is 2.37 bits per heavy atom. The molecule has 8 nitrogen and oxygen atoms in total. The first-order chi connectivity index (χ1) is 17.0. The first kappa shape index (κ1) is 22.6. The first-order valence-corrected chi connectivity index (χ1v) is 11.9. The summed E-state index contributed by atoms with van der Waals surface area (Å²) >= 11 is 0. The number of hydrogen-bond acceptors (Lipinski definition) is 6. The van der Waals surface area contributed by atoms with Gasteiger partial charge in [0.15, 0.2) is 5.65 Å². The molecule has 1 N–H and O–H groups in total. The van der Waals surface area contributed by atoms with Crippen LogP contribution in [-0.2, 0) is 4.79 Å². The Hall–Kier alpha value is -4.20. The lowest BCUT2D eigenvalue weighted by Crippen LogP contribution is -2.48. The molecule has 4 aromatic rings. The predicted molar refractivity (Wildman–Crippen MR) is 139 cm³/mol. The number of amides is 1. The number of fused-ring (bicyclic) bond motifs is 1. The third-order valence-corrected chi connectivity index (χ3v) is 6.40. The van der Waals surface area contributed by atoms with Crippen LogP contribution in [0.15, 0.2) is 71.7 Å². The second-order valence-corrected chi connectivity index (χ2v) is 8.66. The van der Waals surface area contributed by atoms with Crippen molar-refractivity contribution in [3.05, 3.63) is 82.8 Å². The van der Waals surface area contributed by atoms with Crippen molar-refractivity contribution in [3.63, 3.8) is 0 Å². The molecule has 2 aromatic heterocycles. The zero-order chi connectivity index (χ0) is 24.4. The zero-order valence-corrected chi connectivity index (χ0v) is 19.9. The van der Waals surface area contributed by atoms with E-state index in [9.17, 15) is 9.59 Å². The lowest BCUT2D eigenvalue weighted by molar-refractivity contribution is -0.131. The molecule has 0 unspecified atom stereocenters. The highest BCUT2D eigenvalue weighted by Gasteiger charge is 2.20. The molecule has 5 rings (SSSR count). The average Bonchev–Trinajstić information content (AvgIpc) is 2.89. The van der Waals surface area contributed by atoms with E-state index < -0.39 is 0 Å². The number of piperazine rings is 1. The van der Waals surface area contributed by atoms with Crippen LogP contribution in [0.5, 0.6) is 0 Å². The number of carbonyl (C=O) groups excluding carboxylic acids is 1. The number of rotatable bonds is 5. The quantitative estimate of drug-likeness (QED) is 0.479. The molecule has 178 valence electrons. The largest absolute Gasteiger partial charge is 0.368 e. The fraction of sp³-hybridized carbons (Fsp3) is 0.259. The van der Waals surface area contributed by atoms with Gasteiger partial charge in [0.2, 0.25) is 11.9 Å². The summed E-state index contributed by atoms with van der Waals surface area (Å²) < 4.78 is 1.61. The molecule has 0 radical (unpaired) electrons. The Kier molecular flexibility index (Phi) is 6.18. The fourth-order valence-corrected chi connectivity index (χ4v) is 4.46. The first-order valence-electron chi connectivity index (χ1n) is 11.9. The number of carbonyl (C=O) groups is 1. The van der Waals surface area contributed by atoms with E-state index in [1.807, 2.05) is 61.2 Å². The van der Waals surface area contributed by atoms with Gasteiger partial charge in [0.1, 0.15) is 0 Å². The molecule has 0 saturated carbocycles. The number of nitrogens with one attached hydrogen (secondary N) is 1. The van der Waals surface area contributed by atoms with Gasteiger partial charge >= 0.3 is 0 Å². The Bertz CT molecular complexity index is 1410. The summed E-state index contributed by atoms with van der Waals surface area (Å²) in [6.07, 6.45) is 2.31. The van der Waals surface area contributed by atoms with Gasteiger partial charge in [-0.1, -0.05) is 25.1 Å². The minimum atomic E-state index is -0.129. The van der Waals surface area contributed by atoms with E-state index in [4.69, 9.17) is 4.98 Å². The average molecular weight is 469 g/mol. The summed E-state index contributed by atoms with van der Waals surface area (Å²) in [4.78, 5) is 38.2. The molecule has 1 aliphatic heterocycles. The van der Waals surface area contributed by atoms with Gasteiger partial charge in [0.05, 0.1) is 5.69 Å². The molecule has 3 heterocycles. The molecule has 8 heteroatoms. The Morgan fingerprint density at radius 1 is 0.971 bits per heavy atom. The minimum absolute atomic E-state index is 0.129. The van der Waals surface area contributed by atoms with E-state index in [1.165, 1.54) is 0 Å². The van der Waals surface area contributed by atoms with Crippen LogP contribution in [-0.4, -0.2) is 51.5 Å². The van der Waals surface area contributed by atoms with Crippen LogP contribution >= 0.6 is 0 Å². The molecule has 2 aromatic carbocycles. The van der Waals surface area contributed by atoms with Crippen molar-refractivity contribution in [2.75, 3.05) is 36.4 Å². The van der Waals surface area contributed by atoms with Crippen LogP contribution in [0, 0.1) is 6.92 Å². The lowest BCUT2D eigenvalue weighted by Gasteiger charge is -2.36. The van der Waals surface area contributed by atoms with Gasteiger partial charge in [-0.3, -0.25) is 14.2 Å². The number of anilines is 3. The van der Waals surface area contributed by atoms with Gasteiger partial charge in [0.25, 0.3) is 5.56 Å². The highest BCUT2D eigenvalue weighted by molar-refractivity contribution is 5.81. The van der Waals surface area contributed by atoms with E-state index in [1.54, 1.807) is 16.8 Å². The standard InChI is InChI=1S/C27H28N6O2/c1-3-24(34)32-15-13-31(14-16-32)21-11-9-20(10-12-21)29-27-28-18-23-19(2)17-25(35)33(26(23)30-27)22-7-5-4-6-8-22/h4-12,17-18H,3,13-16H2,1-2H3,(H,28,29,30). The highest BCUT2D eigenvalue weighted by Crippen LogP contribution is 2.23. The van der Waals surface area contributed by atoms with Crippen LogP contribution in [0.1, 0.15) is 18.9 Å². The molecular weight excluding hydrogens is 440 g/mol. The monoisotopic (exact) mass is 468 g/mol. The van der Waals surface area contributed by atoms with E-state index >= 15 is 0 Å². The zero-order valence-electron chi connectivity index (χ0n) is 19.9. The summed E-state index contributed by atoms with van der Waals surface area (Å²) in [6.45, 7) is 6.94. The van der Waals surface area contributed by atoms with Gasteiger partial charge in [-0.25, -0.2) is 4.98 Å². The number of para-hydroxylation sites is 1. The van der Waals surface area contributed by atoms with Gasteiger partial charge in [-0.15, -0.1) is 0 Å². The van der Waals surface area contributed by atoms with Crippen molar-refractivity contribution in [2.45, 2.75) is 20.3 Å². The topological polar surface area (TPSA) is 83.4 Å². The van der Waals surface area contributed by atoms with Crippen molar-refractivity contribution >= 4 is 34.3 Å². The summed E-state index contributed by atoms with van der Waals surface area (Å²) in [5, 5.41) is 4.09. The highest BCUT2D eigenvalue weighted by atomic mass is 16.2. The lowest BCUT2D eigenvalue weighted by atomic mass is 10.2. The summed E-state index contributed by atoms with van der Waals surface area (Å²) in [6, 6.07) is 19.2. The van der Waals surface area contributed by atoms with Crippen molar-refractivity contribution < 1.29 is 4.79 Å². The maximum atomic E-state index is 12.8. The number of pyridine rings is 1. The van der Waals surface area contributed by atoms with Crippen molar-refractivity contribution in [2.24, 2.45) is 0 Å². The number of hydrogen-bond donors (Lipinski definition) is 1. The Labute approximate surface area is 203 Å². The predicted octanol–water partition coefficient (Wildman–Crippen LogP) is 3.89. The third-order valence-electron chi connectivity index (χ3n) is 6.40. The molecule has 1 amide bonds. The number of benzene rings is 2. The maximum Gasteiger partial charge on any atom is 0.257 e. The third kappa shape index (κ3) is 4.59. The van der Waals surface area contributed by atoms with Gasteiger partial charge < -0.3 is 15.1 Å². The Morgan fingerprint density at radius 2 is 1.69 bits per heavy atom. The smallest absolute Gasteiger partial charge is 0.257 e. The molecule has 0 spiro atoms. The van der Waals surface area contributed by atoms with Gasteiger partial charge in [-0.05, 0) is 48.9 Å². The molecule has 0 aliphatic carbocycles. The van der Waals surface area contributed by atoms with Gasteiger partial charge in [-0.2, -0.15) is 4.98 Å². The molecule has 1 fully saturated rings. The van der Waals surface area contributed by atoms with Crippen LogP contribution < -0.4 is 15.8 Å². The van der Waals surface area contributed by atoms with E-state index in [0.29, 0.717) is 18.0 Å². The van der Waals surface area contributed by atoms with Crippen molar-refractivity contribution in [1.29, 1.82) is 0 Å². The summed E-state index contributed by atoms with van der Waals surface area (Å²) in [5.74, 6) is 0.638. The molecule has 35 heavy (non-hydrogen) atoms. The van der Waals surface area contributed by atoms with Crippen molar-refractivity contribution in [1.82, 2.24) is 19.4 Å². The SMILES string of the molecule is CCC(=O)N1CCN(c2ccc(Nc3ncc4c(C)cc(=O)n(-c5ccccc5)c4n3)cc2)CC1. The summed E-state index contributed by atoms with van der Waals surface area (Å²) in [5.41, 5.74) is 4.01. The second-order valence-electron chi connectivity index (χ2n) is 8.66. The van der Waals surface area contributed by atoms with E-state index in [2.05, 4.69) is 27.3 Å². The molecule has 1 saturated heterocycles. The molecule has 0 bridgehead atoms. The van der Waals surface area contributed by atoms with Crippen molar-refractivity contribution in [3.8, 4) is 5.69 Å². The fourth-order valence-electron chi connectivity index (χ4n) is 4.46. The van der Waals surface area contributed by atoms with E-state index in [-0.39, 0.29) is 11.5 Å². The normalized spacial score (nSPS) is 13.8. The minimum Gasteiger partial charge on any atom is -0.368 e. The Balaban J connectivity index is 1.37. The number of nitrogens with zero attached hydrogens (tertiary/aromatic N) is 5. The van der Waals surface area contributed by atoms with Crippen LogP contribution in [0.3, 0.4) is 0 Å².